The molecule has 110 valence electrons. The number of rotatable bonds is 5. The average molecular weight is 348 g/mol. The monoisotopic (exact) mass is 347 g/mol. The summed E-state index contributed by atoms with van der Waals surface area (Å²) in [6, 6.07) is 15.5. The van der Waals surface area contributed by atoms with Gasteiger partial charge in [-0.3, -0.25) is 0 Å². The van der Waals surface area contributed by atoms with Crippen molar-refractivity contribution >= 4 is 27.6 Å². The van der Waals surface area contributed by atoms with E-state index in [0.717, 1.165) is 15.7 Å². The van der Waals surface area contributed by atoms with Gasteiger partial charge in [-0.05, 0) is 37.6 Å². The maximum absolute atomic E-state index is 12.0. The number of carbonyl (C=O) groups excluding carboxylic acids is 1. The Morgan fingerprint density at radius 1 is 1.19 bits per heavy atom. The molecule has 21 heavy (non-hydrogen) atoms. The molecule has 0 saturated heterocycles. The third-order valence-electron chi connectivity index (χ3n) is 3.17. The summed E-state index contributed by atoms with van der Waals surface area (Å²) in [6.45, 7) is 4.23. The number of para-hydroxylation sites is 1. The first-order valence-corrected chi connectivity index (χ1v) is 7.70. The van der Waals surface area contributed by atoms with Crippen LogP contribution in [0, 0.1) is 0 Å². The number of ether oxygens (including phenoxy) is 1. The summed E-state index contributed by atoms with van der Waals surface area (Å²) < 4.78 is 6.13. The molecule has 0 bridgehead atoms. The zero-order valence-corrected chi connectivity index (χ0v) is 13.7. The Labute approximate surface area is 133 Å². The summed E-state index contributed by atoms with van der Waals surface area (Å²) in [5.41, 5.74) is 2.47. The molecule has 3 nitrogen and oxygen atoms in total. The molecule has 4 heteroatoms. The van der Waals surface area contributed by atoms with Crippen LogP contribution in [0.5, 0.6) is 0 Å². The fourth-order valence-corrected chi connectivity index (χ4v) is 2.76. The molecule has 1 N–H and O–H groups in total. The van der Waals surface area contributed by atoms with Crippen LogP contribution in [0.3, 0.4) is 0 Å². The van der Waals surface area contributed by atoms with Gasteiger partial charge >= 0.3 is 5.97 Å². The lowest BCUT2D eigenvalue weighted by molar-refractivity contribution is 0.0527. The first-order valence-electron chi connectivity index (χ1n) is 6.90. The van der Waals surface area contributed by atoms with Gasteiger partial charge in [-0.15, -0.1) is 0 Å². The minimum absolute atomic E-state index is 0.0659. The van der Waals surface area contributed by atoms with E-state index >= 15 is 0 Å². The van der Waals surface area contributed by atoms with Crippen molar-refractivity contribution in [3.05, 3.63) is 64.1 Å². The highest BCUT2D eigenvalue weighted by Crippen LogP contribution is 2.27. The second-order valence-electron chi connectivity index (χ2n) is 4.65. The van der Waals surface area contributed by atoms with Gasteiger partial charge in [0, 0.05) is 16.2 Å². The molecular formula is C17H18BrNO2. The third kappa shape index (κ3) is 3.85. The van der Waals surface area contributed by atoms with Crippen molar-refractivity contribution in [2.45, 2.75) is 19.9 Å². The number of esters is 1. The van der Waals surface area contributed by atoms with E-state index in [1.807, 2.05) is 36.4 Å². The molecule has 0 aliphatic heterocycles. The van der Waals surface area contributed by atoms with Gasteiger partial charge in [0.15, 0.2) is 0 Å². The molecule has 0 saturated carbocycles. The Hall–Kier alpha value is -1.81. The van der Waals surface area contributed by atoms with Crippen LogP contribution >= 0.6 is 15.9 Å². The fourth-order valence-electron chi connectivity index (χ4n) is 2.13. The van der Waals surface area contributed by atoms with Gasteiger partial charge in [0.25, 0.3) is 0 Å². The molecular weight excluding hydrogens is 330 g/mol. The van der Waals surface area contributed by atoms with E-state index in [2.05, 4.69) is 34.2 Å². The van der Waals surface area contributed by atoms with E-state index in [0.29, 0.717) is 12.2 Å². The van der Waals surface area contributed by atoms with Gasteiger partial charge in [0.2, 0.25) is 0 Å². The van der Waals surface area contributed by atoms with E-state index in [1.165, 1.54) is 0 Å². The molecule has 2 rings (SSSR count). The first kappa shape index (κ1) is 15.6. The minimum Gasteiger partial charge on any atom is -0.462 e. The predicted octanol–water partition coefficient (Wildman–Crippen LogP) is 4.80. The number of hydrogen-bond donors (Lipinski definition) is 1. The van der Waals surface area contributed by atoms with Crippen LogP contribution in [0.1, 0.15) is 35.8 Å². The molecule has 2 aromatic carbocycles. The Balaban J connectivity index is 2.24. The Morgan fingerprint density at radius 3 is 2.57 bits per heavy atom. The maximum Gasteiger partial charge on any atom is 0.340 e. The van der Waals surface area contributed by atoms with Crippen molar-refractivity contribution in [2.75, 3.05) is 11.9 Å². The number of benzene rings is 2. The molecule has 2 aromatic rings. The molecule has 0 heterocycles. The van der Waals surface area contributed by atoms with Crippen molar-refractivity contribution in [2.24, 2.45) is 0 Å². The molecule has 0 aromatic heterocycles. The van der Waals surface area contributed by atoms with Crippen molar-refractivity contribution in [1.29, 1.82) is 0 Å². The van der Waals surface area contributed by atoms with Crippen molar-refractivity contribution in [3.63, 3.8) is 0 Å². The Morgan fingerprint density at radius 2 is 1.86 bits per heavy atom. The Kier molecular flexibility index (Phi) is 5.39. The molecule has 0 fully saturated rings. The van der Waals surface area contributed by atoms with Crippen LogP contribution in [0.2, 0.25) is 0 Å². The van der Waals surface area contributed by atoms with E-state index in [9.17, 15) is 4.79 Å². The summed E-state index contributed by atoms with van der Waals surface area (Å²) in [6.07, 6.45) is 0. The summed E-state index contributed by atoms with van der Waals surface area (Å²) in [4.78, 5) is 12.0. The summed E-state index contributed by atoms with van der Waals surface area (Å²) in [5, 5.41) is 3.38. The lowest BCUT2D eigenvalue weighted by Gasteiger charge is -2.19. The highest BCUT2D eigenvalue weighted by molar-refractivity contribution is 9.10. The van der Waals surface area contributed by atoms with Gasteiger partial charge in [-0.25, -0.2) is 4.79 Å². The molecule has 0 spiro atoms. The predicted molar refractivity (Wildman–Crippen MR) is 88.6 cm³/mol. The van der Waals surface area contributed by atoms with Gasteiger partial charge in [-0.2, -0.15) is 0 Å². The van der Waals surface area contributed by atoms with Crippen molar-refractivity contribution < 1.29 is 9.53 Å². The fraction of sp³-hybridized carbons (Fsp3) is 0.235. The lowest BCUT2D eigenvalue weighted by atomic mass is 10.1. The quantitative estimate of drug-likeness (QED) is 0.789. The first-order chi connectivity index (χ1) is 10.1. The Bertz CT molecular complexity index is 628. The van der Waals surface area contributed by atoms with Gasteiger partial charge in [0.1, 0.15) is 0 Å². The van der Waals surface area contributed by atoms with Crippen LogP contribution in [0.15, 0.2) is 53.0 Å². The zero-order chi connectivity index (χ0) is 15.2. The van der Waals surface area contributed by atoms with Gasteiger partial charge < -0.3 is 10.1 Å². The molecule has 1 atom stereocenters. The van der Waals surface area contributed by atoms with Crippen molar-refractivity contribution in [1.82, 2.24) is 0 Å². The van der Waals surface area contributed by atoms with E-state index in [1.54, 1.807) is 13.0 Å². The van der Waals surface area contributed by atoms with Gasteiger partial charge in [-0.1, -0.05) is 46.3 Å². The van der Waals surface area contributed by atoms with E-state index in [-0.39, 0.29) is 12.0 Å². The zero-order valence-electron chi connectivity index (χ0n) is 12.1. The second-order valence-corrected chi connectivity index (χ2v) is 5.51. The lowest BCUT2D eigenvalue weighted by Crippen LogP contribution is -2.12. The maximum atomic E-state index is 12.0. The standard InChI is InChI=1S/C17H18BrNO2/c1-3-21-17(20)14-9-5-7-11-16(14)19-12(2)13-8-4-6-10-15(13)18/h4-12,19H,3H2,1-2H3/t12-/m0/s1. The minimum atomic E-state index is -0.306. The number of carbonyl (C=O) groups is 1. The average Bonchev–Trinajstić information content (AvgIpc) is 2.48. The number of halogens is 1. The van der Waals surface area contributed by atoms with Gasteiger partial charge in [0.05, 0.1) is 12.2 Å². The van der Waals surface area contributed by atoms with Crippen LogP contribution < -0.4 is 5.32 Å². The molecule has 0 aliphatic rings. The molecule has 0 radical (unpaired) electrons. The largest absolute Gasteiger partial charge is 0.462 e. The smallest absolute Gasteiger partial charge is 0.340 e. The second kappa shape index (κ2) is 7.27. The normalized spacial score (nSPS) is 11.8. The van der Waals surface area contributed by atoms with Crippen LogP contribution in [-0.4, -0.2) is 12.6 Å². The molecule has 0 unspecified atom stereocenters. The third-order valence-corrected chi connectivity index (χ3v) is 3.89. The van der Waals surface area contributed by atoms with E-state index < -0.39 is 0 Å². The van der Waals surface area contributed by atoms with Crippen LogP contribution in [0.25, 0.3) is 0 Å². The summed E-state index contributed by atoms with van der Waals surface area (Å²) in [5.74, 6) is -0.306. The van der Waals surface area contributed by atoms with Crippen molar-refractivity contribution in [3.8, 4) is 0 Å². The molecule has 0 amide bonds. The molecule has 0 aliphatic carbocycles. The van der Waals surface area contributed by atoms with E-state index in [4.69, 9.17) is 4.74 Å². The number of nitrogens with one attached hydrogen (secondary N) is 1. The van der Waals surface area contributed by atoms with Crippen LogP contribution in [0.4, 0.5) is 5.69 Å². The summed E-state index contributed by atoms with van der Waals surface area (Å²) in [7, 11) is 0. The summed E-state index contributed by atoms with van der Waals surface area (Å²) >= 11 is 3.55. The highest BCUT2D eigenvalue weighted by Gasteiger charge is 2.15. The highest BCUT2D eigenvalue weighted by atomic mass is 79.9. The van der Waals surface area contributed by atoms with Crippen LogP contribution in [-0.2, 0) is 4.74 Å². The SMILES string of the molecule is CCOC(=O)c1ccccc1N[C@@H](C)c1ccccc1Br. The number of hydrogen-bond acceptors (Lipinski definition) is 3. The topological polar surface area (TPSA) is 38.3 Å². The number of anilines is 1.